The lowest BCUT2D eigenvalue weighted by Gasteiger charge is -2.22. The van der Waals surface area contributed by atoms with Crippen LogP contribution in [0.4, 0.5) is 0 Å². The van der Waals surface area contributed by atoms with E-state index < -0.39 is 0 Å². The van der Waals surface area contributed by atoms with Gasteiger partial charge in [-0.1, -0.05) is 25.1 Å². The van der Waals surface area contributed by atoms with Crippen LogP contribution in [0.2, 0.25) is 0 Å². The van der Waals surface area contributed by atoms with Gasteiger partial charge < -0.3 is 4.74 Å². The van der Waals surface area contributed by atoms with Gasteiger partial charge in [0.25, 0.3) is 0 Å². The topological polar surface area (TPSA) is 9.23 Å². The average molecular weight is 190 g/mol. The van der Waals surface area contributed by atoms with E-state index in [9.17, 15) is 0 Å². The van der Waals surface area contributed by atoms with Gasteiger partial charge in [-0.3, -0.25) is 0 Å². The average Bonchev–Trinajstić information content (AvgIpc) is 2.18. The third kappa shape index (κ3) is 1.83. The minimum atomic E-state index is 0.738. The fourth-order valence-corrected chi connectivity index (χ4v) is 2.37. The highest BCUT2D eigenvalue weighted by atomic mass is 16.5. The lowest BCUT2D eigenvalue weighted by Crippen LogP contribution is -2.07. The highest BCUT2D eigenvalue weighted by molar-refractivity contribution is 5.35. The van der Waals surface area contributed by atoms with Crippen LogP contribution in [-0.4, -0.2) is 7.11 Å². The maximum absolute atomic E-state index is 5.15. The van der Waals surface area contributed by atoms with Crippen molar-refractivity contribution in [2.24, 2.45) is 0 Å². The van der Waals surface area contributed by atoms with Crippen molar-refractivity contribution in [2.75, 3.05) is 7.11 Å². The van der Waals surface area contributed by atoms with Gasteiger partial charge in [0.05, 0.1) is 6.61 Å². The number of ether oxygens (including phenoxy) is 1. The highest BCUT2D eigenvalue weighted by Gasteiger charge is 2.15. The van der Waals surface area contributed by atoms with Crippen LogP contribution in [0.3, 0.4) is 0 Å². The number of rotatable bonds is 2. The minimum Gasteiger partial charge on any atom is -0.380 e. The lowest BCUT2D eigenvalue weighted by molar-refractivity contribution is 0.185. The van der Waals surface area contributed by atoms with Crippen LogP contribution < -0.4 is 0 Å². The standard InChI is InChI=1S/C13H18O/c1-10-4-3-5-12-8-11(9-14-2)6-7-13(10)12/h6-8,10H,3-5,9H2,1-2H3. The van der Waals surface area contributed by atoms with Crippen molar-refractivity contribution in [3.8, 4) is 0 Å². The lowest BCUT2D eigenvalue weighted by atomic mass is 9.83. The zero-order chi connectivity index (χ0) is 9.97. The number of hydrogen-bond donors (Lipinski definition) is 0. The van der Waals surface area contributed by atoms with E-state index in [4.69, 9.17) is 4.74 Å². The maximum Gasteiger partial charge on any atom is 0.0713 e. The van der Waals surface area contributed by atoms with Crippen molar-refractivity contribution < 1.29 is 4.74 Å². The second-order valence-corrected chi connectivity index (χ2v) is 4.26. The first-order valence-electron chi connectivity index (χ1n) is 5.42. The van der Waals surface area contributed by atoms with Gasteiger partial charge in [0.2, 0.25) is 0 Å². The third-order valence-electron chi connectivity index (χ3n) is 3.13. The largest absolute Gasteiger partial charge is 0.380 e. The Kier molecular flexibility index (Phi) is 2.87. The van der Waals surface area contributed by atoms with Crippen LogP contribution in [0.5, 0.6) is 0 Å². The Balaban J connectivity index is 2.29. The number of hydrogen-bond acceptors (Lipinski definition) is 1. The van der Waals surface area contributed by atoms with Crippen LogP contribution in [0.15, 0.2) is 18.2 Å². The first-order chi connectivity index (χ1) is 6.81. The summed E-state index contributed by atoms with van der Waals surface area (Å²) in [5, 5.41) is 0. The highest BCUT2D eigenvalue weighted by Crippen LogP contribution is 2.31. The van der Waals surface area contributed by atoms with E-state index in [0.717, 1.165) is 12.5 Å². The van der Waals surface area contributed by atoms with Gasteiger partial charge >= 0.3 is 0 Å². The molecule has 1 unspecified atom stereocenters. The minimum absolute atomic E-state index is 0.738. The molecule has 0 heterocycles. The summed E-state index contributed by atoms with van der Waals surface area (Å²) in [4.78, 5) is 0. The molecule has 0 bridgehead atoms. The van der Waals surface area contributed by atoms with Crippen LogP contribution in [0.1, 0.15) is 42.4 Å². The molecule has 2 rings (SSSR count). The quantitative estimate of drug-likeness (QED) is 0.695. The smallest absolute Gasteiger partial charge is 0.0713 e. The van der Waals surface area contributed by atoms with Gasteiger partial charge in [-0.25, -0.2) is 0 Å². The molecule has 1 atom stereocenters. The number of benzene rings is 1. The van der Waals surface area contributed by atoms with E-state index >= 15 is 0 Å². The predicted molar refractivity (Wildman–Crippen MR) is 58.5 cm³/mol. The van der Waals surface area contributed by atoms with Gasteiger partial charge in [-0.15, -0.1) is 0 Å². The van der Waals surface area contributed by atoms with Gasteiger partial charge in [-0.2, -0.15) is 0 Å². The molecule has 0 saturated heterocycles. The van der Waals surface area contributed by atoms with Crippen LogP contribution >= 0.6 is 0 Å². The van der Waals surface area contributed by atoms with E-state index in [1.807, 2.05) is 0 Å². The molecule has 1 aliphatic rings. The van der Waals surface area contributed by atoms with Gasteiger partial charge in [0.1, 0.15) is 0 Å². The molecule has 0 aliphatic heterocycles. The molecule has 1 aromatic carbocycles. The molecule has 76 valence electrons. The SMILES string of the molecule is COCc1ccc2c(c1)CCCC2C. The van der Waals surface area contributed by atoms with E-state index in [-0.39, 0.29) is 0 Å². The molecule has 0 spiro atoms. The number of aryl methyl sites for hydroxylation is 1. The van der Waals surface area contributed by atoms with Crippen molar-refractivity contribution >= 4 is 0 Å². The van der Waals surface area contributed by atoms with Gasteiger partial charge in [0, 0.05) is 7.11 Å². The first-order valence-corrected chi connectivity index (χ1v) is 5.42. The second-order valence-electron chi connectivity index (χ2n) is 4.26. The van der Waals surface area contributed by atoms with Crippen molar-refractivity contribution in [3.05, 3.63) is 34.9 Å². The fourth-order valence-electron chi connectivity index (χ4n) is 2.37. The summed E-state index contributed by atoms with van der Waals surface area (Å²) in [6, 6.07) is 6.80. The summed E-state index contributed by atoms with van der Waals surface area (Å²) >= 11 is 0. The van der Waals surface area contributed by atoms with Crippen molar-refractivity contribution in [1.29, 1.82) is 0 Å². The predicted octanol–water partition coefficient (Wildman–Crippen LogP) is 3.27. The third-order valence-corrected chi connectivity index (χ3v) is 3.13. The normalized spacial score (nSPS) is 20.6. The number of fused-ring (bicyclic) bond motifs is 1. The molecular weight excluding hydrogens is 172 g/mol. The summed E-state index contributed by atoms with van der Waals surface area (Å²) in [7, 11) is 1.75. The molecule has 0 saturated carbocycles. The van der Waals surface area contributed by atoms with E-state index in [2.05, 4.69) is 25.1 Å². The second kappa shape index (κ2) is 4.14. The van der Waals surface area contributed by atoms with Crippen LogP contribution in [0, 0.1) is 0 Å². The van der Waals surface area contributed by atoms with E-state index in [1.54, 1.807) is 18.2 Å². The van der Waals surface area contributed by atoms with Gasteiger partial charge in [0.15, 0.2) is 0 Å². The zero-order valence-corrected chi connectivity index (χ0v) is 9.05. The summed E-state index contributed by atoms with van der Waals surface area (Å²) in [5.74, 6) is 0.746. The van der Waals surface area contributed by atoms with E-state index in [1.165, 1.54) is 24.8 Å². The Morgan fingerprint density at radius 2 is 2.29 bits per heavy atom. The molecule has 1 aliphatic carbocycles. The van der Waals surface area contributed by atoms with Crippen molar-refractivity contribution in [1.82, 2.24) is 0 Å². The molecule has 14 heavy (non-hydrogen) atoms. The Hall–Kier alpha value is -0.820. The molecular formula is C13H18O. The molecule has 1 heteroatoms. The summed E-state index contributed by atoms with van der Waals surface area (Å²) in [5.41, 5.74) is 4.40. The Labute approximate surface area is 86.1 Å². The van der Waals surface area contributed by atoms with Crippen LogP contribution in [0.25, 0.3) is 0 Å². The summed E-state index contributed by atoms with van der Waals surface area (Å²) in [6.07, 6.45) is 3.93. The summed E-state index contributed by atoms with van der Waals surface area (Å²) < 4.78 is 5.15. The Bertz CT molecular complexity index is 317. The van der Waals surface area contributed by atoms with Crippen molar-refractivity contribution in [2.45, 2.75) is 38.7 Å². The zero-order valence-electron chi connectivity index (χ0n) is 9.05. The monoisotopic (exact) mass is 190 g/mol. The number of methoxy groups -OCH3 is 1. The van der Waals surface area contributed by atoms with Crippen molar-refractivity contribution in [3.63, 3.8) is 0 Å². The molecule has 1 aromatic rings. The molecule has 0 fully saturated rings. The molecule has 0 amide bonds. The first kappa shape index (κ1) is 9.72. The Morgan fingerprint density at radius 3 is 3.07 bits per heavy atom. The molecule has 0 N–H and O–H groups in total. The Morgan fingerprint density at radius 1 is 1.43 bits per heavy atom. The molecule has 1 nitrogen and oxygen atoms in total. The fraction of sp³-hybridized carbons (Fsp3) is 0.538. The molecule has 0 aromatic heterocycles. The molecule has 0 radical (unpaired) electrons. The maximum atomic E-state index is 5.15. The summed E-state index contributed by atoms with van der Waals surface area (Å²) in [6.45, 7) is 3.07. The van der Waals surface area contributed by atoms with Gasteiger partial charge in [-0.05, 0) is 41.9 Å². The van der Waals surface area contributed by atoms with Crippen LogP contribution in [-0.2, 0) is 17.8 Å². The van der Waals surface area contributed by atoms with E-state index in [0.29, 0.717) is 0 Å².